The van der Waals surface area contributed by atoms with Crippen LogP contribution in [0.15, 0.2) is 48.5 Å². The van der Waals surface area contributed by atoms with E-state index in [9.17, 15) is 9.59 Å². The first-order chi connectivity index (χ1) is 15.0. The highest BCUT2D eigenvalue weighted by atomic mass is 35.5. The van der Waals surface area contributed by atoms with E-state index in [1.54, 1.807) is 25.1 Å². The molecule has 0 aliphatic carbocycles. The van der Waals surface area contributed by atoms with Gasteiger partial charge in [-0.2, -0.15) is 4.80 Å². The van der Waals surface area contributed by atoms with E-state index < -0.39 is 12.1 Å². The van der Waals surface area contributed by atoms with E-state index >= 15 is 0 Å². The van der Waals surface area contributed by atoms with Crippen molar-refractivity contribution in [3.05, 3.63) is 75.5 Å². The number of nitrogens with zero attached hydrogens (tertiary/aromatic N) is 4. The fourth-order valence-corrected chi connectivity index (χ4v) is 3.37. The van der Waals surface area contributed by atoms with Gasteiger partial charge < -0.3 is 10.1 Å². The number of halogens is 2. The lowest BCUT2D eigenvalue weighted by molar-refractivity contribution is -0.122. The number of tetrazole rings is 1. The Balaban J connectivity index is 1.54. The standard InChI is InChI=1S/C21H21Cl2N5O3/c1-2-18(24-21(30)31-13-14-7-4-3-5-8-14)19(29)12-28-26-20(25-27-28)11-15-16(22)9-6-10-17(15)23/h3-10,18H,2,11-13H2,1H3,(H,24,30). The molecule has 1 aromatic heterocycles. The number of rotatable bonds is 9. The number of amides is 1. The van der Waals surface area contributed by atoms with Crippen molar-refractivity contribution in [2.45, 2.75) is 39.0 Å². The molecule has 8 nitrogen and oxygen atoms in total. The van der Waals surface area contributed by atoms with Gasteiger partial charge in [0, 0.05) is 16.5 Å². The zero-order chi connectivity index (χ0) is 22.2. The fraction of sp³-hybridized carbons (Fsp3) is 0.286. The summed E-state index contributed by atoms with van der Waals surface area (Å²) in [5.41, 5.74) is 1.54. The molecule has 0 aliphatic rings. The molecule has 0 bridgehead atoms. The number of Topliss-reactive ketones (excluding diaryl/α,β-unsaturated/α-hetero) is 1. The van der Waals surface area contributed by atoms with Crippen LogP contribution in [0.1, 0.15) is 30.3 Å². The molecule has 1 unspecified atom stereocenters. The van der Waals surface area contributed by atoms with E-state index in [-0.39, 0.29) is 25.4 Å². The number of alkyl carbamates (subject to hydrolysis) is 1. The molecule has 0 saturated carbocycles. The molecule has 0 fully saturated rings. The zero-order valence-corrected chi connectivity index (χ0v) is 18.3. The molecule has 1 N–H and O–H groups in total. The Morgan fingerprint density at radius 2 is 1.81 bits per heavy atom. The van der Waals surface area contributed by atoms with Crippen LogP contribution in [-0.4, -0.2) is 38.1 Å². The third-order valence-electron chi connectivity index (χ3n) is 4.49. The van der Waals surface area contributed by atoms with E-state index in [4.69, 9.17) is 27.9 Å². The number of nitrogens with one attached hydrogen (secondary N) is 1. The van der Waals surface area contributed by atoms with Gasteiger partial charge in [0.05, 0.1) is 6.04 Å². The van der Waals surface area contributed by atoms with Crippen molar-refractivity contribution in [2.24, 2.45) is 0 Å². The minimum Gasteiger partial charge on any atom is -0.445 e. The summed E-state index contributed by atoms with van der Waals surface area (Å²) in [4.78, 5) is 25.8. The smallest absolute Gasteiger partial charge is 0.408 e. The van der Waals surface area contributed by atoms with E-state index in [1.807, 2.05) is 30.3 Å². The Bertz CT molecular complexity index is 1020. The molecular formula is C21H21Cl2N5O3. The predicted molar refractivity (Wildman–Crippen MR) is 116 cm³/mol. The van der Waals surface area contributed by atoms with E-state index in [2.05, 4.69) is 20.7 Å². The number of ether oxygens (including phenoxy) is 1. The van der Waals surface area contributed by atoms with Crippen molar-refractivity contribution in [3.63, 3.8) is 0 Å². The second kappa shape index (κ2) is 10.9. The maximum atomic E-state index is 12.6. The lowest BCUT2D eigenvalue weighted by atomic mass is 10.1. The van der Waals surface area contributed by atoms with Crippen LogP contribution in [0, 0.1) is 0 Å². The summed E-state index contributed by atoms with van der Waals surface area (Å²) >= 11 is 12.3. The van der Waals surface area contributed by atoms with Crippen LogP contribution in [0.25, 0.3) is 0 Å². The largest absolute Gasteiger partial charge is 0.445 e. The summed E-state index contributed by atoms with van der Waals surface area (Å²) in [5.74, 6) is 0.116. The topological polar surface area (TPSA) is 99.0 Å². The van der Waals surface area contributed by atoms with Gasteiger partial charge in [-0.25, -0.2) is 4.79 Å². The molecule has 31 heavy (non-hydrogen) atoms. The minimum atomic E-state index is -0.726. The highest BCUT2D eigenvalue weighted by Crippen LogP contribution is 2.25. The first kappa shape index (κ1) is 22.7. The molecule has 0 spiro atoms. The van der Waals surface area contributed by atoms with E-state index in [0.29, 0.717) is 27.9 Å². The summed E-state index contributed by atoms with van der Waals surface area (Å²) < 4.78 is 5.18. The Hall–Kier alpha value is -2.97. The summed E-state index contributed by atoms with van der Waals surface area (Å²) in [5, 5.41) is 15.7. The molecule has 1 amide bonds. The van der Waals surface area contributed by atoms with Gasteiger partial charge in [0.2, 0.25) is 0 Å². The molecule has 2 aromatic carbocycles. The number of carbonyl (C=O) groups is 2. The van der Waals surface area contributed by atoms with Crippen LogP contribution >= 0.6 is 23.2 Å². The third kappa shape index (κ3) is 6.50. The maximum absolute atomic E-state index is 12.6. The Labute approximate surface area is 189 Å². The number of carbonyl (C=O) groups excluding carboxylic acids is 2. The fourth-order valence-electron chi connectivity index (χ4n) is 2.84. The van der Waals surface area contributed by atoms with Gasteiger partial charge in [-0.15, -0.1) is 10.2 Å². The quantitative estimate of drug-likeness (QED) is 0.519. The van der Waals surface area contributed by atoms with Gasteiger partial charge in [0.15, 0.2) is 11.6 Å². The van der Waals surface area contributed by atoms with Crippen LogP contribution in [-0.2, 0) is 29.1 Å². The SMILES string of the molecule is CCC(NC(=O)OCc1ccccc1)C(=O)Cn1nnc(Cc2c(Cl)cccc2Cl)n1. The van der Waals surface area contributed by atoms with Crippen LogP contribution < -0.4 is 5.32 Å². The van der Waals surface area contributed by atoms with Crippen LogP contribution in [0.4, 0.5) is 4.79 Å². The van der Waals surface area contributed by atoms with Gasteiger partial charge in [-0.05, 0) is 34.9 Å². The zero-order valence-electron chi connectivity index (χ0n) is 16.8. The van der Waals surface area contributed by atoms with E-state index in [1.165, 1.54) is 4.80 Å². The molecule has 0 aliphatic heterocycles. The molecule has 0 saturated heterocycles. The van der Waals surface area contributed by atoms with Crippen molar-refractivity contribution in [1.82, 2.24) is 25.5 Å². The normalized spacial score (nSPS) is 11.7. The molecule has 0 radical (unpaired) electrons. The number of benzene rings is 2. The van der Waals surface area contributed by atoms with Gasteiger partial charge in [-0.3, -0.25) is 4.79 Å². The van der Waals surface area contributed by atoms with Crippen molar-refractivity contribution in [1.29, 1.82) is 0 Å². The molecule has 3 rings (SSSR count). The van der Waals surface area contributed by atoms with Crippen LogP contribution in [0.2, 0.25) is 10.0 Å². The number of hydrogen-bond donors (Lipinski definition) is 1. The molecular weight excluding hydrogens is 441 g/mol. The van der Waals surface area contributed by atoms with Crippen LogP contribution in [0.3, 0.4) is 0 Å². The maximum Gasteiger partial charge on any atom is 0.408 e. The lowest BCUT2D eigenvalue weighted by Crippen LogP contribution is -2.42. The lowest BCUT2D eigenvalue weighted by Gasteiger charge is -2.15. The van der Waals surface area contributed by atoms with Gasteiger partial charge in [-0.1, -0.05) is 66.5 Å². The highest BCUT2D eigenvalue weighted by Gasteiger charge is 2.21. The third-order valence-corrected chi connectivity index (χ3v) is 5.20. The average molecular weight is 462 g/mol. The Morgan fingerprint density at radius 1 is 1.10 bits per heavy atom. The van der Waals surface area contributed by atoms with Gasteiger partial charge >= 0.3 is 6.09 Å². The molecule has 1 atom stereocenters. The van der Waals surface area contributed by atoms with Crippen LogP contribution in [0.5, 0.6) is 0 Å². The summed E-state index contributed by atoms with van der Waals surface area (Å²) in [7, 11) is 0. The first-order valence-corrected chi connectivity index (χ1v) is 10.4. The molecule has 1 heterocycles. The monoisotopic (exact) mass is 461 g/mol. The number of ketones is 1. The van der Waals surface area contributed by atoms with Gasteiger partial charge in [0.1, 0.15) is 13.2 Å². The Morgan fingerprint density at radius 3 is 2.48 bits per heavy atom. The number of aromatic nitrogens is 4. The first-order valence-electron chi connectivity index (χ1n) is 9.65. The van der Waals surface area contributed by atoms with E-state index in [0.717, 1.165) is 5.56 Å². The predicted octanol–water partition coefficient (Wildman–Crippen LogP) is 3.84. The second-order valence-electron chi connectivity index (χ2n) is 6.75. The van der Waals surface area contributed by atoms with Crippen molar-refractivity contribution in [2.75, 3.05) is 0 Å². The van der Waals surface area contributed by atoms with Gasteiger partial charge in [0.25, 0.3) is 0 Å². The van der Waals surface area contributed by atoms with Crippen molar-refractivity contribution < 1.29 is 14.3 Å². The average Bonchev–Trinajstić information content (AvgIpc) is 3.20. The summed E-state index contributed by atoms with van der Waals surface area (Å²) in [6, 6.07) is 13.8. The van der Waals surface area contributed by atoms with Crippen molar-refractivity contribution in [3.8, 4) is 0 Å². The highest BCUT2D eigenvalue weighted by molar-refractivity contribution is 6.36. The molecule has 162 valence electrons. The summed E-state index contributed by atoms with van der Waals surface area (Å²) in [6.07, 6.45) is 0.0222. The number of hydrogen-bond acceptors (Lipinski definition) is 6. The minimum absolute atomic E-state index is 0.121. The van der Waals surface area contributed by atoms with Crippen molar-refractivity contribution >= 4 is 35.1 Å². The summed E-state index contributed by atoms with van der Waals surface area (Å²) in [6.45, 7) is 1.77. The Kier molecular flexibility index (Phi) is 7.97. The molecule has 10 heteroatoms. The molecule has 3 aromatic rings. The second-order valence-corrected chi connectivity index (χ2v) is 7.56.